The minimum atomic E-state index is -0.494. The lowest BCUT2D eigenvalue weighted by Crippen LogP contribution is -2.22. The molecule has 0 bridgehead atoms. The second-order valence-corrected chi connectivity index (χ2v) is 8.02. The van der Waals surface area contributed by atoms with Gasteiger partial charge in [0, 0.05) is 12.7 Å². The van der Waals surface area contributed by atoms with Crippen LogP contribution in [0.5, 0.6) is 0 Å². The van der Waals surface area contributed by atoms with E-state index >= 15 is 0 Å². The molecule has 5 nitrogen and oxygen atoms in total. The summed E-state index contributed by atoms with van der Waals surface area (Å²) >= 11 is 7.04. The van der Waals surface area contributed by atoms with Gasteiger partial charge in [-0.15, -0.1) is 21.8 Å². The number of aromatic nitrogens is 4. The van der Waals surface area contributed by atoms with E-state index in [2.05, 4.69) is 38.7 Å². The van der Waals surface area contributed by atoms with Gasteiger partial charge in [-0.2, -0.15) is 0 Å². The highest BCUT2D eigenvalue weighted by Crippen LogP contribution is 2.45. The molecule has 5 rings (SSSR count). The van der Waals surface area contributed by atoms with Crippen LogP contribution in [0.15, 0.2) is 48.9 Å². The van der Waals surface area contributed by atoms with E-state index in [1.807, 2.05) is 10.6 Å². The van der Waals surface area contributed by atoms with Crippen molar-refractivity contribution in [2.75, 3.05) is 0 Å². The van der Waals surface area contributed by atoms with Gasteiger partial charge in [0.15, 0.2) is 5.82 Å². The Morgan fingerprint density at radius 1 is 1.21 bits per heavy atom. The smallest absolute Gasteiger partial charge is 0.151 e. The molecule has 0 radical (unpaired) electrons. The Bertz CT molecular complexity index is 1080. The van der Waals surface area contributed by atoms with Gasteiger partial charge in [-0.05, 0) is 54.2 Å². The van der Waals surface area contributed by atoms with E-state index in [1.165, 1.54) is 11.6 Å². The lowest BCUT2D eigenvalue weighted by Gasteiger charge is -2.31. The lowest BCUT2D eigenvalue weighted by atomic mass is 9.82. The standard InChI is InChI=1S/C21H19ClFN5/c22-21(7-5-14(6-8-21)20-17(23)2-1-9-25-20)16-3-4-18-15(10-16)11-24-12-19-27-26-13-28(18)19/h1-5,9-10,13,24H,6-8,11-12H2. The second kappa shape index (κ2) is 6.79. The van der Waals surface area contributed by atoms with Gasteiger partial charge in [0.1, 0.15) is 17.8 Å². The topological polar surface area (TPSA) is 55.6 Å². The third-order valence-corrected chi connectivity index (χ3v) is 6.16. The number of pyridine rings is 1. The van der Waals surface area contributed by atoms with Crippen molar-refractivity contribution < 1.29 is 4.39 Å². The first kappa shape index (κ1) is 17.5. The first-order chi connectivity index (χ1) is 13.6. The number of nitrogens with one attached hydrogen (secondary N) is 1. The molecular formula is C21H19ClFN5. The van der Waals surface area contributed by atoms with Crippen LogP contribution in [0.4, 0.5) is 4.39 Å². The largest absolute Gasteiger partial charge is 0.306 e. The van der Waals surface area contributed by atoms with E-state index in [0.717, 1.165) is 35.6 Å². The van der Waals surface area contributed by atoms with Crippen molar-refractivity contribution in [2.45, 2.75) is 37.2 Å². The minimum absolute atomic E-state index is 0.281. The molecule has 1 atom stereocenters. The van der Waals surface area contributed by atoms with Crippen LogP contribution >= 0.6 is 11.6 Å². The van der Waals surface area contributed by atoms with E-state index < -0.39 is 4.87 Å². The van der Waals surface area contributed by atoms with Crippen LogP contribution in [0.25, 0.3) is 11.3 Å². The van der Waals surface area contributed by atoms with Crippen molar-refractivity contribution in [3.63, 3.8) is 0 Å². The molecule has 7 heteroatoms. The summed E-state index contributed by atoms with van der Waals surface area (Å²) in [6.45, 7) is 1.43. The molecule has 1 aliphatic carbocycles. The summed E-state index contributed by atoms with van der Waals surface area (Å²) in [5.41, 5.74) is 4.70. The van der Waals surface area contributed by atoms with Gasteiger partial charge in [-0.25, -0.2) is 4.39 Å². The molecular weight excluding hydrogens is 377 g/mol. The molecule has 2 aromatic heterocycles. The molecule has 0 saturated carbocycles. The van der Waals surface area contributed by atoms with Crippen molar-refractivity contribution >= 4 is 17.2 Å². The number of rotatable bonds is 2. The summed E-state index contributed by atoms with van der Waals surface area (Å²) < 4.78 is 16.1. The van der Waals surface area contributed by atoms with Crippen molar-refractivity contribution in [2.24, 2.45) is 0 Å². The van der Waals surface area contributed by atoms with Gasteiger partial charge >= 0.3 is 0 Å². The summed E-state index contributed by atoms with van der Waals surface area (Å²) in [4.78, 5) is 3.70. The molecule has 0 amide bonds. The zero-order chi connectivity index (χ0) is 19.1. The van der Waals surface area contributed by atoms with Crippen LogP contribution in [0, 0.1) is 5.82 Å². The number of benzene rings is 1. The SMILES string of the molecule is Fc1cccnc1C1=CCC(Cl)(c2ccc3c(c2)CNCc2nncn2-3)CC1. The first-order valence-electron chi connectivity index (χ1n) is 9.36. The molecule has 142 valence electrons. The molecule has 0 spiro atoms. The van der Waals surface area contributed by atoms with Crippen LogP contribution < -0.4 is 5.32 Å². The van der Waals surface area contributed by atoms with Crippen LogP contribution in [0.1, 0.15) is 41.9 Å². The highest BCUT2D eigenvalue weighted by Gasteiger charge is 2.33. The van der Waals surface area contributed by atoms with E-state index in [1.54, 1.807) is 18.6 Å². The maximum absolute atomic E-state index is 14.1. The monoisotopic (exact) mass is 395 g/mol. The summed E-state index contributed by atoms with van der Waals surface area (Å²) in [6, 6.07) is 9.40. The zero-order valence-electron chi connectivity index (χ0n) is 15.2. The molecule has 28 heavy (non-hydrogen) atoms. The van der Waals surface area contributed by atoms with Gasteiger partial charge in [-0.3, -0.25) is 9.55 Å². The Morgan fingerprint density at radius 2 is 2.14 bits per heavy atom. The fourth-order valence-electron chi connectivity index (χ4n) is 4.05. The Hall–Kier alpha value is -2.57. The first-order valence-corrected chi connectivity index (χ1v) is 9.74. The molecule has 3 heterocycles. The van der Waals surface area contributed by atoms with Gasteiger partial charge in [-0.1, -0.05) is 18.2 Å². The van der Waals surface area contributed by atoms with Crippen molar-refractivity contribution in [3.8, 4) is 5.69 Å². The molecule has 1 aliphatic heterocycles. The molecule has 2 aliphatic rings. The number of alkyl halides is 1. The second-order valence-electron chi connectivity index (χ2n) is 7.30. The number of hydrogen-bond donors (Lipinski definition) is 1. The van der Waals surface area contributed by atoms with E-state index in [9.17, 15) is 4.39 Å². The maximum atomic E-state index is 14.1. The Labute approximate surface area is 167 Å². The number of nitrogens with zero attached hydrogens (tertiary/aromatic N) is 4. The normalized spacial score (nSPS) is 21.4. The summed E-state index contributed by atoms with van der Waals surface area (Å²) in [7, 11) is 0. The lowest BCUT2D eigenvalue weighted by molar-refractivity contribution is 0.548. The number of fused-ring (bicyclic) bond motifs is 3. The van der Waals surface area contributed by atoms with E-state index in [4.69, 9.17) is 11.6 Å². The number of hydrogen-bond acceptors (Lipinski definition) is 4. The molecule has 3 aromatic rings. The molecule has 1 unspecified atom stereocenters. The van der Waals surface area contributed by atoms with Crippen LogP contribution in [0.2, 0.25) is 0 Å². The molecule has 0 fully saturated rings. The van der Waals surface area contributed by atoms with Crippen LogP contribution in [-0.4, -0.2) is 19.7 Å². The average molecular weight is 396 g/mol. The zero-order valence-corrected chi connectivity index (χ0v) is 16.0. The highest BCUT2D eigenvalue weighted by atomic mass is 35.5. The van der Waals surface area contributed by atoms with Crippen molar-refractivity contribution in [1.82, 2.24) is 25.1 Å². The number of halogens is 2. The van der Waals surface area contributed by atoms with E-state index in [-0.39, 0.29) is 5.82 Å². The molecule has 0 saturated heterocycles. The van der Waals surface area contributed by atoms with Gasteiger partial charge in [0.05, 0.1) is 17.1 Å². The highest BCUT2D eigenvalue weighted by molar-refractivity contribution is 6.24. The predicted molar refractivity (Wildman–Crippen MR) is 105 cm³/mol. The van der Waals surface area contributed by atoms with Crippen LogP contribution in [0.3, 0.4) is 0 Å². The van der Waals surface area contributed by atoms with Gasteiger partial charge in [0.25, 0.3) is 0 Å². The Kier molecular flexibility index (Phi) is 4.25. The van der Waals surface area contributed by atoms with Gasteiger partial charge < -0.3 is 5.32 Å². The average Bonchev–Trinajstić information content (AvgIpc) is 3.10. The summed E-state index contributed by atoms with van der Waals surface area (Å²) in [6.07, 6.45) is 7.48. The third-order valence-electron chi connectivity index (χ3n) is 5.60. The number of allylic oxidation sites excluding steroid dienone is 2. The molecule has 1 N–H and O–H groups in total. The summed E-state index contributed by atoms with van der Waals surface area (Å²) in [5, 5.41) is 11.6. The predicted octanol–water partition coefficient (Wildman–Crippen LogP) is 4.11. The summed E-state index contributed by atoms with van der Waals surface area (Å²) in [5.74, 6) is 0.617. The quantitative estimate of drug-likeness (QED) is 0.663. The van der Waals surface area contributed by atoms with Crippen molar-refractivity contribution in [1.29, 1.82) is 0 Å². The van der Waals surface area contributed by atoms with Crippen molar-refractivity contribution in [3.05, 3.63) is 77.4 Å². The fourth-order valence-corrected chi connectivity index (χ4v) is 4.34. The van der Waals surface area contributed by atoms with Crippen LogP contribution in [-0.2, 0) is 18.0 Å². The Morgan fingerprint density at radius 3 is 2.96 bits per heavy atom. The Balaban J connectivity index is 1.46. The molecule has 1 aromatic carbocycles. The minimum Gasteiger partial charge on any atom is -0.306 e. The maximum Gasteiger partial charge on any atom is 0.151 e. The van der Waals surface area contributed by atoms with E-state index in [0.29, 0.717) is 25.1 Å². The third kappa shape index (κ3) is 2.93. The van der Waals surface area contributed by atoms with Gasteiger partial charge in [0.2, 0.25) is 0 Å². The fraction of sp³-hybridized carbons (Fsp3) is 0.286.